The number of benzene rings is 2. The second-order valence-corrected chi connectivity index (χ2v) is 9.74. The van der Waals surface area contributed by atoms with Crippen molar-refractivity contribution in [2.24, 2.45) is 5.92 Å². The molecule has 3 rings (SSSR count). The SMILES string of the molecule is COc1ccccc1N(CC(=O)NCCC1CCN(C)CC1)S(=O)(=O)c1ccccc1. The minimum atomic E-state index is -3.95. The van der Waals surface area contributed by atoms with Crippen LogP contribution in [0.5, 0.6) is 5.75 Å². The smallest absolute Gasteiger partial charge is 0.264 e. The number of methoxy groups -OCH3 is 1. The van der Waals surface area contributed by atoms with Gasteiger partial charge in [-0.1, -0.05) is 30.3 Å². The number of ether oxygens (including phenoxy) is 1. The number of piperidine rings is 1. The Morgan fingerprint density at radius 1 is 1.10 bits per heavy atom. The first-order chi connectivity index (χ1) is 14.9. The normalized spacial score (nSPS) is 15.4. The molecule has 0 bridgehead atoms. The summed E-state index contributed by atoms with van der Waals surface area (Å²) < 4.78 is 33.2. The molecular weight excluding hydrogens is 414 g/mol. The third kappa shape index (κ3) is 5.98. The first-order valence-electron chi connectivity index (χ1n) is 10.6. The molecule has 168 valence electrons. The van der Waals surface area contributed by atoms with E-state index in [2.05, 4.69) is 17.3 Å². The number of carbonyl (C=O) groups is 1. The summed E-state index contributed by atoms with van der Waals surface area (Å²) >= 11 is 0. The van der Waals surface area contributed by atoms with Crippen LogP contribution in [-0.2, 0) is 14.8 Å². The molecule has 1 aliphatic heterocycles. The van der Waals surface area contributed by atoms with Gasteiger partial charge in [-0.2, -0.15) is 0 Å². The molecule has 0 aromatic heterocycles. The summed E-state index contributed by atoms with van der Waals surface area (Å²) in [6.45, 7) is 2.38. The molecule has 2 aromatic carbocycles. The lowest BCUT2D eigenvalue weighted by Crippen LogP contribution is -2.41. The van der Waals surface area contributed by atoms with Gasteiger partial charge in [-0.25, -0.2) is 8.42 Å². The fourth-order valence-electron chi connectivity index (χ4n) is 3.81. The van der Waals surface area contributed by atoms with Gasteiger partial charge in [-0.05, 0) is 69.6 Å². The number of nitrogens with one attached hydrogen (secondary N) is 1. The fraction of sp³-hybridized carbons (Fsp3) is 0.435. The maximum Gasteiger partial charge on any atom is 0.264 e. The van der Waals surface area contributed by atoms with Crippen molar-refractivity contribution in [1.82, 2.24) is 10.2 Å². The van der Waals surface area contributed by atoms with Crippen LogP contribution in [0.15, 0.2) is 59.5 Å². The number of para-hydroxylation sites is 2. The number of anilines is 1. The fourth-order valence-corrected chi connectivity index (χ4v) is 5.26. The van der Waals surface area contributed by atoms with Gasteiger partial charge in [0.1, 0.15) is 12.3 Å². The van der Waals surface area contributed by atoms with Gasteiger partial charge in [0.2, 0.25) is 5.91 Å². The van der Waals surface area contributed by atoms with Gasteiger partial charge in [0.15, 0.2) is 0 Å². The first-order valence-corrected chi connectivity index (χ1v) is 12.0. The second kappa shape index (κ2) is 10.6. The van der Waals surface area contributed by atoms with Crippen LogP contribution in [0, 0.1) is 5.92 Å². The van der Waals surface area contributed by atoms with Crippen molar-refractivity contribution in [3.05, 3.63) is 54.6 Å². The highest BCUT2D eigenvalue weighted by Crippen LogP contribution is 2.32. The number of likely N-dealkylation sites (tertiary alicyclic amines) is 1. The van der Waals surface area contributed by atoms with Crippen LogP contribution in [0.25, 0.3) is 0 Å². The molecule has 1 fully saturated rings. The van der Waals surface area contributed by atoms with Crippen molar-refractivity contribution in [1.29, 1.82) is 0 Å². The van der Waals surface area contributed by atoms with Crippen LogP contribution in [0.1, 0.15) is 19.3 Å². The Morgan fingerprint density at radius 2 is 1.74 bits per heavy atom. The molecule has 0 aliphatic carbocycles. The van der Waals surface area contributed by atoms with E-state index in [0.29, 0.717) is 23.9 Å². The van der Waals surface area contributed by atoms with Gasteiger partial charge in [0, 0.05) is 6.54 Å². The standard InChI is InChI=1S/C23H31N3O4S/c1-25-16-13-19(14-17-25)12-15-24-23(27)18-26(21-10-6-7-11-22(21)30-2)31(28,29)20-8-4-3-5-9-20/h3-11,19H,12-18H2,1-2H3,(H,24,27). The van der Waals surface area contributed by atoms with Gasteiger partial charge in [-0.3, -0.25) is 9.10 Å². The Bertz CT molecular complexity index is 958. The Labute approximate surface area is 185 Å². The average molecular weight is 446 g/mol. The Hall–Kier alpha value is -2.58. The molecule has 0 unspecified atom stereocenters. The molecule has 0 atom stereocenters. The number of amides is 1. The zero-order valence-corrected chi connectivity index (χ0v) is 19.0. The molecule has 1 saturated heterocycles. The minimum Gasteiger partial charge on any atom is -0.495 e. The van der Waals surface area contributed by atoms with Gasteiger partial charge in [0.25, 0.3) is 10.0 Å². The molecule has 0 spiro atoms. The van der Waals surface area contributed by atoms with E-state index in [0.717, 1.165) is 36.7 Å². The summed E-state index contributed by atoms with van der Waals surface area (Å²) in [5.74, 6) is 0.648. The van der Waals surface area contributed by atoms with E-state index in [1.54, 1.807) is 42.5 Å². The van der Waals surface area contributed by atoms with E-state index in [-0.39, 0.29) is 17.3 Å². The van der Waals surface area contributed by atoms with E-state index in [1.165, 1.54) is 19.2 Å². The van der Waals surface area contributed by atoms with E-state index >= 15 is 0 Å². The van der Waals surface area contributed by atoms with E-state index < -0.39 is 10.0 Å². The van der Waals surface area contributed by atoms with E-state index in [1.807, 2.05) is 0 Å². The van der Waals surface area contributed by atoms with Gasteiger partial charge >= 0.3 is 0 Å². The van der Waals surface area contributed by atoms with Crippen LogP contribution in [0.2, 0.25) is 0 Å². The lowest BCUT2D eigenvalue weighted by molar-refractivity contribution is -0.119. The van der Waals surface area contributed by atoms with Crippen molar-refractivity contribution < 1.29 is 17.9 Å². The quantitative estimate of drug-likeness (QED) is 0.642. The number of carbonyl (C=O) groups excluding carboxylic acids is 1. The van der Waals surface area contributed by atoms with Crippen molar-refractivity contribution >= 4 is 21.6 Å². The van der Waals surface area contributed by atoms with Crippen LogP contribution in [-0.4, -0.2) is 59.6 Å². The van der Waals surface area contributed by atoms with Crippen LogP contribution in [0.3, 0.4) is 0 Å². The first kappa shape index (κ1) is 23.1. The van der Waals surface area contributed by atoms with Crippen LogP contribution < -0.4 is 14.4 Å². The second-order valence-electron chi connectivity index (χ2n) is 7.88. The van der Waals surface area contributed by atoms with Crippen molar-refractivity contribution in [3.63, 3.8) is 0 Å². The van der Waals surface area contributed by atoms with Gasteiger partial charge in [0.05, 0.1) is 17.7 Å². The number of hydrogen-bond acceptors (Lipinski definition) is 5. The largest absolute Gasteiger partial charge is 0.495 e. The van der Waals surface area contributed by atoms with E-state index in [9.17, 15) is 13.2 Å². The minimum absolute atomic E-state index is 0.125. The van der Waals surface area contributed by atoms with Gasteiger partial charge in [-0.15, -0.1) is 0 Å². The lowest BCUT2D eigenvalue weighted by Gasteiger charge is -2.29. The maximum absolute atomic E-state index is 13.4. The summed E-state index contributed by atoms with van der Waals surface area (Å²) in [6, 6.07) is 14.9. The summed E-state index contributed by atoms with van der Waals surface area (Å²) in [6.07, 6.45) is 3.16. The number of rotatable bonds is 9. The van der Waals surface area contributed by atoms with Gasteiger partial charge < -0.3 is 15.0 Å². The molecule has 8 heteroatoms. The Morgan fingerprint density at radius 3 is 2.42 bits per heavy atom. The highest BCUT2D eigenvalue weighted by Gasteiger charge is 2.29. The third-order valence-electron chi connectivity index (χ3n) is 5.69. The van der Waals surface area contributed by atoms with Crippen molar-refractivity contribution in [2.45, 2.75) is 24.2 Å². The molecule has 7 nitrogen and oxygen atoms in total. The monoisotopic (exact) mass is 445 g/mol. The molecule has 1 amide bonds. The molecule has 1 heterocycles. The van der Waals surface area contributed by atoms with Crippen LogP contribution in [0.4, 0.5) is 5.69 Å². The highest BCUT2D eigenvalue weighted by molar-refractivity contribution is 7.92. The molecule has 31 heavy (non-hydrogen) atoms. The highest BCUT2D eigenvalue weighted by atomic mass is 32.2. The summed E-state index contributed by atoms with van der Waals surface area (Å²) in [5, 5.41) is 2.90. The topological polar surface area (TPSA) is 79.0 Å². The summed E-state index contributed by atoms with van der Waals surface area (Å²) in [5.41, 5.74) is 0.333. The Balaban J connectivity index is 1.73. The number of hydrogen-bond donors (Lipinski definition) is 1. The predicted molar refractivity (Wildman–Crippen MR) is 122 cm³/mol. The maximum atomic E-state index is 13.4. The average Bonchev–Trinajstić information content (AvgIpc) is 2.79. The predicted octanol–water partition coefficient (Wildman–Crippen LogP) is 2.74. The molecular formula is C23H31N3O4S. The van der Waals surface area contributed by atoms with Crippen molar-refractivity contribution in [2.75, 3.05) is 44.6 Å². The summed E-state index contributed by atoms with van der Waals surface area (Å²) in [7, 11) is -0.344. The molecule has 1 N–H and O–H groups in total. The molecule has 1 aliphatic rings. The number of sulfonamides is 1. The van der Waals surface area contributed by atoms with E-state index in [4.69, 9.17) is 4.74 Å². The zero-order valence-electron chi connectivity index (χ0n) is 18.2. The summed E-state index contributed by atoms with van der Waals surface area (Å²) in [4.78, 5) is 15.2. The van der Waals surface area contributed by atoms with Crippen molar-refractivity contribution in [3.8, 4) is 5.75 Å². The molecule has 0 saturated carbocycles. The number of nitrogens with zero attached hydrogens (tertiary/aromatic N) is 2. The lowest BCUT2D eigenvalue weighted by atomic mass is 9.94. The third-order valence-corrected chi connectivity index (χ3v) is 7.46. The Kier molecular flexibility index (Phi) is 7.92. The molecule has 2 aromatic rings. The zero-order chi connectivity index (χ0) is 22.3. The van der Waals surface area contributed by atoms with Crippen LogP contribution >= 0.6 is 0 Å². The molecule has 0 radical (unpaired) electrons.